The molecule has 0 bridgehead atoms. The van der Waals surface area contributed by atoms with Crippen LogP contribution in [-0.2, 0) is 4.74 Å². The predicted octanol–water partition coefficient (Wildman–Crippen LogP) is 2.12. The number of methoxy groups -OCH3 is 1. The van der Waals surface area contributed by atoms with E-state index in [1.165, 1.54) is 0 Å². The number of rotatable bonds is 6. The van der Waals surface area contributed by atoms with E-state index in [9.17, 15) is 0 Å². The summed E-state index contributed by atoms with van der Waals surface area (Å²) >= 11 is 0. The zero-order chi connectivity index (χ0) is 11.1. The summed E-state index contributed by atoms with van der Waals surface area (Å²) in [5.41, 5.74) is 6.96. The third-order valence-electron chi connectivity index (χ3n) is 2.13. The van der Waals surface area contributed by atoms with Crippen LogP contribution < -0.4 is 10.5 Å². The van der Waals surface area contributed by atoms with E-state index in [0.717, 1.165) is 24.3 Å². The molecule has 84 valence electrons. The molecule has 3 heteroatoms. The van der Waals surface area contributed by atoms with Crippen LogP contribution in [0.1, 0.15) is 24.9 Å². The van der Waals surface area contributed by atoms with Crippen molar-refractivity contribution in [3.8, 4) is 5.75 Å². The zero-order valence-corrected chi connectivity index (χ0v) is 9.40. The highest BCUT2D eigenvalue weighted by Gasteiger charge is 2.04. The molecule has 1 unspecified atom stereocenters. The van der Waals surface area contributed by atoms with Crippen LogP contribution in [0.5, 0.6) is 5.75 Å². The number of ether oxygens (including phenoxy) is 2. The van der Waals surface area contributed by atoms with Gasteiger partial charge in [0, 0.05) is 7.11 Å². The molecule has 1 rings (SSSR count). The van der Waals surface area contributed by atoms with Gasteiger partial charge in [-0.05, 0) is 24.1 Å². The minimum absolute atomic E-state index is 0.0600. The molecule has 0 aliphatic carbocycles. The fourth-order valence-corrected chi connectivity index (χ4v) is 1.31. The molecule has 0 aliphatic rings. The molecule has 15 heavy (non-hydrogen) atoms. The molecule has 0 amide bonds. The summed E-state index contributed by atoms with van der Waals surface area (Å²) in [6.07, 6.45) is 1.02. The first-order chi connectivity index (χ1) is 7.27. The monoisotopic (exact) mass is 209 g/mol. The average Bonchev–Trinajstić information content (AvgIpc) is 2.27. The summed E-state index contributed by atoms with van der Waals surface area (Å²) < 4.78 is 10.5. The quantitative estimate of drug-likeness (QED) is 0.780. The third-order valence-corrected chi connectivity index (χ3v) is 2.13. The maximum absolute atomic E-state index is 5.89. The highest BCUT2D eigenvalue weighted by molar-refractivity contribution is 5.29. The first kappa shape index (κ1) is 12.0. The molecular weight excluding hydrogens is 190 g/mol. The Balaban J connectivity index is 2.55. The molecule has 0 heterocycles. The Morgan fingerprint density at radius 1 is 1.27 bits per heavy atom. The van der Waals surface area contributed by atoms with E-state index in [0.29, 0.717) is 6.61 Å². The van der Waals surface area contributed by atoms with Crippen molar-refractivity contribution in [3.63, 3.8) is 0 Å². The highest BCUT2D eigenvalue weighted by atomic mass is 16.5. The lowest BCUT2D eigenvalue weighted by atomic mass is 10.1. The van der Waals surface area contributed by atoms with Gasteiger partial charge in [-0.1, -0.05) is 19.1 Å². The van der Waals surface area contributed by atoms with Crippen molar-refractivity contribution in [2.45, 2.75) is 19.4 Å². The topological polar surface area (TPSA) is 44.5 Å². The standard InChI is InChI=1S/C12H19NO2/c1-3-8-15-11-6-4-10(5-7-11)12(13)9-14-2/h4-7,12H,3,8-9,13H2,1-2H3. The Kier molecular flexibility index (Phi) is 5.15. The van der Waals surface area contributed by atoms with E-state index in [1.54, 1.807) is 7.11 Å². The van der Waals surface area contributed by atoms with Crippen LogP contribution in [0.3, 0.4) is 0 Å². The first-order valence-electron chi connectivity index (χ1n) is 5.25. The molecule has 0 spiro atoms. The molecule has 0 saturated carbocycles. The van der Waals surface area contributed by atoms with Gasteiger partial charge in [0.1, 0.15) is 5.75 Å². The van der Waals surface area contributed by atoms with Gasteiger partial charge in [0.25, 0.3) is 0 Å². The Morgan fingerprint density at radius 2 is 1.93 bits per heavy atom. The van der Waals surface area contributed by atoms with Gasteiger partial charge in [0.05, 0.1) is 19.3 Å². The molecule has 1 aromatic rings. The molecule has 0 saturated heterocycles. The minimum atomic E-state index is -0.0600. The molecular formula is C12H19NO2. The van der Waals surface area contributed by atoms with Crippen LogP contribution in [-0.4, -0.2) is 20.3 Å². The Morgan fingerprint density at radius 3 is 2.47 bits per heavy atom. The van der Waals surface area contributed by atoms with E-state index in [2.05, 4.69) is 6.92 Å². The van der Waals surface area contributed by atoms with Gasteiger partial charge >= 0.3 is 0 Å². The molecule has 1 aromatic carbocycles. The molecule has 0 fully saturated rings. The summed E-state index contributed by atoms with van der Waals surface area (Å²) in [6.45, 7) is 3.38. The number of nitrogens with two attached hydrogens (primary N) is 1. The lowest BCUT2D eigenvalue weighted by Gasteiger charge is -2.11. The minimum Gasteiger partial charge on any atom is -0.494 e. The largest absolute Gasteiger partial charge is 0.494 e. The van der Waals surface area contributed by atoms with Gasteiger partial charge in [-0.15, -0.1) is 0 Å². The lowest BCUT2D eigenvalue weighted by Crippen LogP contribution is -2.15. The van der Waals surface area contributed by atoms with Crippen LogP contribution >= 0.6 is 0 Å². The number of hydrogen-bond acceptors (Lipinski definition) is 3. The second-order valence-corrected chi connectivity index (χ2v) is 3.48. The molecule has 1 atom stereocenters. The Hall–Kier alpha value is -1.06. The number of benzene rings is 1. The summed E-state index contributed by atoms with van der Waals surface area (Å²) in [5, 5.41) is 0. The smallest absolute Gasteiger partial charge is 0.119 e. The van der Waals surface area contributed by atoms with E-state index < -0.39 is 0 Å². The van der Waals surface area contributed by atoms with Gasteiger partial charge < -0.3 is 15.2 Å². The Bertz CT molecular complexity index is 271. The van der Waals surface area contributed by atoms with Gasteiger partial charge in [-0.2, -0.15) is 0 Å². The van der Waals surface area contributed by atoms with Crippen LogP contribution in [0.15, 0.2) is 24.3 Å². The van der Waals surface area contributed by atoms with Crippen LogP contribution in [0.25, 0.3) is 0 Å². The molecule has 2 N–H and O–H groups in total. The normalized spacial score (nSPS) is 12.5. The summed E-state index contributed by atoms with van der Waals surface area (Å²) in [7, 11) is 1.65. The summed E-state index contributed by atoms with van der Waals surface area (Å²) in [6, 6.07) is 7.79. The van der Waals surface area contributed by atoms with Gasteiger partial charge in [-0.3, -0.25) is 0 Å². The van der Waals surface area contributed by atoms with Crippen molar-refractivity contribution in [2.75, 3.05) is 20.3 Å². The van der Waals surface area contributed by atoms with E-state index >= 15 is 0 Å². The zero-order valence-electron chi connectivity index (χ0n) is 9.40. The van der Waals surface area contributed by atoms with Gasteiger partial charge in [0.15, 0.2) is 0 Å². The summed E-state index contributed by atoms with van der Waals surface area (Å²) in [5.74, 6) is 0.894. The molecule has 0 radical (unpaired) electrons. The Labute approximate surface area is 91.2 Å². The van der Waals surface area contributed by atoms with E-state index in [-0.39, 0.29) is 6.04 Å². The van der Waals surface area contributed by atoms with Crippen molar-refractivity contribution in [1.29, 1.82) is 0 Å². The average molecular weight is 209 g/mol. The second-order valence-electron chi connectivity index (χ2n) is 3.48. The van der Waals surface area contributed by atoms with Crippen molar-refractivity contribution in [1.82, 2.24) is 0 Å². The first-order valence-corrected chi connectivity index (χ1v) is 5.25. The maximum atomic E-state index is 5.89. The molecule has 0 aliphatic heterocycles. The second kappa shape index (κ2) is 6.43. The van der Waals surface area contributed by atoms with Crippen molar-refractivity contribution < 1.29 is 9.47 Å². The van der Waals surface area contributed by atoms with Crippen LogP contribution in [0, 0.1) is 0 Å². The van der Waals surface area contributed by atoms with Gasteiger partial charge in [0.2, 0.25) is 0 Å². The van der Waals surface area contributed by atoms with Crippen LogP contribution in [0.2, 0.25) is 0 Å². The fourth-order valence-electron chi connectivity index (χ4n) is 1.31. The molecule has 3 nitrogen and oxygen atoms in total. The third kappa shape index (κ3) is 3.90. The van der Waals surface area contributed by atoms with E-state index in [1.807, 2.05) is 24.3 Å². The predicted molar refractivity (Wildman–Crippen MR) is 61.0 cm³/mol. The fraction of sp³-hybridized carbons (Fsp3) is 0.500. The van der Waals surface area contributed by atoms with Crippen molar-refractivity contribution >= 4 is 0 Å². The SMILES string of the molecule is CCCOc1ccc(C(N)COC)cc1. The van der Waals surface area contributed by atoms with Gasteiger partial charge in [-0.25, -0.2) is 0 Å². The maximum Gasteiger partial charge on any atom is 0.119 e. The molecule has 0 aromatic heterocycles. The van der Waals surface area contributed by atoms with E-state index in [4.69, 9.17) is 15.2 Å². The summed E-state index contributed by atoms with van der Waals surface area (Å²) in [4.78, 5) is 0. The van der Waals surface area contributed by atoms with Crippen molar-refractivity contribution in [2.24, 2.45) is 5.73 Å². The highest BCUT2D eigenvalue weighted by Crippen LogP contribution is 2.16. The van der Waals surface area contributed by atoms with Crippen molar-refractivity contribution in [3.05, 3.63) is 29.8 Å². The number of hydrogen-bond donors (Lipinski definition) is 1. The lowest BCUT2D eigenvalue weighted by molar-refractivity contribution is 0.181. The van der Waals surface area contributed by atoms with Crippen LogP contribution in [0.4, 0.5) is 0 Å².